The van der Waals surface area contributed by atoms with Crippen molar-refractivity contribution in [1.29, 1.82) is 0 Å². The van der Waals surface area contributed by atoms with Gasteiger partial charge in [-0.1, -0.05) is 31.2 Å². The van der Waals surface area contributed by atoms with Crippen molar-refractivity contribution in [1.82, 2.24) is 4.90 Å². The Morgan fingerprint density at radius 3 is 2.53 bits per heavy atom. The zero-order chi connectivity index (χ0) is 12.8. The molecule has 0 unspecified atom stereocenters. The molecule has 1 atom stereocenters. The minimum absolute atomic E-state index is 0.492. The number of nitrogens with zero attached hydrogens (tertiary/aromatic N) is 1. The van der Waals surface area contributed by atoms with E-state index < -0.39 is 0 Å². The van der Waals surface area contributed by atoms with Crippen molar-refractivity contribution in [3.63, 3.8) is 0 Å². The van der Waals surface area contributed by atoms with Gasteiger partial charge in [0.05, 0.1) is 7.11 Å². The molecule has 1 rings (SSSR count). The average molecular weight is 233 g/mol. The lowest BCUT2D eigenvalue weighted by molar-refractivity contribution is 0.374. The number of hydrogen-bond donors (Lipinski definition) is 0. The molecule has 94 valence electrons. The summed E-state index contributed by atoms with van der Waals surface area (Å²) in [5.41, 5.74) is 2.54. The molecule has 0 heterocycles. The fourth-order valence-electron chi connectivity index (χ4n) is 2.23. The third kappa shape index (κ3) is 3.60. The van der Waals surface area contributed by atoms with Gasteiger partial charge in [0.25, 0.3) is 0 Å². The largest absolute Gasteiger partial charge is 0.496 e. The topological polar surface area (TPSA) is 12.5 Å². The van der Waals surface area contributed by atoms with E-state index in [0.717, 1.165) is 12.3 Å². The lowest BCUT2D eigenvalue weighted by atomic mass is 9.92. The van der Waals surface area contributed by atoms with Gasteiger partial charge in [-0.05, 0) is 38.6 Å². The predicted molar refractivity (Wildman–Crippen MR) is 74.4 cm³/mol. The lowest BCUT2D eigenvalue weighted by Crippen LogP contribution is -2.20. The quantitative estimate of drug-likeness (QED) is 0.773. The third-order valence-electron chi connectivity index (χ3n) is 2.90. The zero-order valence-electron chi connectivity index (χ0n) is 11.5. The standard InChI is InChI=1S/C15H23NO/c1-6-13(12(2)11-16(3)4)14-9-7-8-10-15(14)17-5/h6-10,12H,11H2,1-5H3/b13-6-/t12-/m0/s1. The zero-order valence-corrected chi connectivity index (χ0v) is 11.5. The molecule has 0 aliphatic carbocycles. The fourth-order valence-corrected chi connectivity index (χ4v) is 2.23. The molecule has 0 aromatic heterocycles. The van der Waals surface area contributed by atoms with Crippen LogP contribution in [0.25, 0.3) is 5.57 Å². The summed E-state index contributed by atoms with van der Waals surface area (Å²) >= 11 is 0. The van der Waals surface area contributed by atoms with Crippen molar-refractivity contribution in [2.45, 2.75) is 13.8 Å². The molecule has 2 heteroatoms. The smallest absolute Gasteiger partial charge is 0.126 e. The summed E-state index contributed by atoms with van der Waals surface area (Å²) in [6.45, 7) is 5.38. The Balaban J connectivity index is 3.02. The molecular weight excluding hydrogens is 210 g/mol. The Bertz CT molecular complexity index is 382. The van der Waals surface area contributed by atoms with E-state index in [2.05, 4.69) is 51.1 Å². The fraction of sp³-hybridized carbons (Fsp3) is 0.467. The van der Waals surface area contributed by atoms with E-state index in [1.807, 2.05) is 12.1 Å². The van der Waals surface area contributed by atoms with Crippen LogP contribution < -0.4 is 4.74 Å². The molecular formula is C15H23NO. The second-order valence-corrected chi connectivity index (χ2v) is 4.61. The highest BCUT2D eigenvalue weighted by Crippen LogP contribution is 2.31. The van der Waals surface area contributed by atoms with Crippen LogP contribution in [0.5, 0.6) is 5.75 Å². The minimum atomic E-state index is 0.492. The highest BCUT2D eigenvalue weighted by Gasteiger charge is 2.14. The van der Waals surface area contributed by atoms with Gasteiger partial charge in [0.2, 0.25) is 0 Å². The van der Waals surface area contributed by atoms with Gasteiger partial charge in [0, 0.05) is 12.1 Å². The summed E-state index contributed by atoms with van der Waals surface area (Å²) in [6.07, 6.45) is 2.19. The van der Waals surface area contributed by atoms with Gasteiger partial charge >= 0.3 is 0 Å². The second-order valence-electron chi connectivity index (χ2n) is 4.61. The summed E-state index contributed by atoms with van der Waals surface area (Å²) in [4.78, 5) is 2.21. The molecule has 0 amide bonds. The predicted octanol–water partition coefficient (Wildman–Crippen LogP) is 3.30. The first-order chi connectivity index (χ1) is 8.10. The number of allylic oxidation sites excluding steroid dienone is 1. The van der Waals surface area contributed by atoms with Gasteiger partial charge in [-0.2, -0.15) is 0 Å². The van der Waals surface area contributed by atoms with Crippen LogP contribution in [-0.2, 0) is 0 Å². The maximum absolute atomic E-state index is 5.43. The molecule has 0 fully saturated rings. The monoisotopic (exact) mass is 233 g/mol. The van der Waals surface area contributed by atoms with E-state index >= 15 is 0 Å². The Morgan fingerprint density at radius 2 is 2.00 bits per heavy atom. The molecule has 0 aliphatic rings. The molecule has 0 spiro atoms. The van der Waals surface area contributed by atoms with E-state index in [9.17, 15) is 0 Å². The second kappa shape index (κ2) is 6.45. The van der Waals surface area contributed by atoms with Crippen LogP contribution in [0, 0.1) is 5.92 Å². The van der Waals surface area contributed by atoms with Crippen LogP contribution in [-0.4, -0.2) is 32.6 Å². The number of benzene rings is 1. The summed E-state index contributed by atoms with van der Waals surface area (Å²) in [5.74, 6) is 1.44. The first-order valence-electron chi connectivity index (χ1n) is 6.04. The molecule has 0 aliphatic heterocycles. The molecule has 0 saturated heterocycles. The summed E-state index contributed by atoms with van der Waals surface area (Å²) in [6, 6.07) is 8.21. The number of hydrogen-bond acceptors (Lipinski definition) is 2. The summed E-state index contributed by atoms with van der Waals surface area (Å²) in [5, 5.41) is 0. The van der Waals surface area contributed by atoms with Crippen molar-refractivity contribution in [3.05, 3.63) is 35.9 Å². The molecule has 0 radical (unpaired) electrons. The van der Waals surface area contributed by atoms with Crippen molar-refractivity contribution in [2.24, 2.45) is 5.92 Å². The van der Waals surface area contributed by atoms with Crippen molar-refractivity contribution < 1.29 is 4.74 Å². The summed E-state index contributed by atoms with van der Waals surface area (Å²) < 4.78 is 5.43. The van der Waals surface area contributed by atoms with Gasteiger partial charge in [-0.3, -0.25) is 0 Å². The highest BCUT2D eigenvalue weighted by molar-refractivity contribution is 5.71. The molecule has 1 aromatic rings. The Morgan fingerprint density at radius 1 is 1.35 bits per heavy atom. The molecule has 0 bridgehead atoms. The van der Waals surface area contributed by atoms with Crippen LogP contribution in [0.1, 0.15) is 19.4 Å². The Kier molecular flexibility index (Phi) is 5.23. The van der Waals surface area contributed by atoms with Crippen molar-refractivity contribution >= 4 is 5.57 Å². The van der Waals surface area contributed by atoms with Gasteiger partial charge < -0.3 is 9.64 Å². The van der Waals surface area contributed by atoms with Gasteiger partial charge in [0.15, 0.2) is 0 Å². The molecule has 1 aromatic carbocycles. The highest BCUT2D eigenvalue weighted by atomic mass is 16.5. The van der Waals surface area contributed by atoms with E-state index in [1.165, 1.54) is 11.1 Å². The van der Waals surface area contributed by atoms with Crippen molar-refractivity contribution in [2.75, 3.05) is 27.7 Å². The summed E-state index contributed by atoms with van der Waals surface area (Å²) in [7, 11) is 5.93. The first kappa shape index (κ1) is 13.8. The normalized spacial score (nSPS) is 13.9. The maximum Gasteiger partial charge on any atom is 0.126 e. The molecule has 17 heavy (non-hydrogen) atoms. The number of ether oxygens (including phenoxy) is 1. The van der Waals surface area contributed by atoms with Gasteiger partial charge in [-0.25, -0.2) is 0 Å². The SMILES string of the molecule is C/C=C(\c1ccccc1OC)[C@@H](C)CN(C)C. The van der Waals surface area contributed by atoms with Gasteiger partial charge in [0.1, 0.15) is 5.75 Å². The number of methoxy groups -OCH3 is 1. The minimum Gasteiger partial charge on any atom is -0.496 e. The molecule has 0 saturated carbocycles. The van der Waals surface area contributed by atoms with Crippen LogP contribution in [0.2, 0.25) is 0 Å². The van der Waals surface area contributed by atoms with E-state index in [-0.39, 0.29) is 0 Å². The van der Waals surface area contributed by atoms with Crippen LogP contribution in [0.4, 0.5) is 0 Å². The van der Waals surface area contributed by atoms with Crippen LogP contribution in [0.3, 0.4) is 0 Å². The third-order valence-corrected chi connectivity index (χ3v) is 2.90. The lowest BCUT2D eigenvalue weighted by Gasteiger charge is -2.21. The number of rotatable bonds is 5. The molecule has 2 nitrogen and oxygen atoms in total. The maximum atomic E-state index is 5.43. The van der Waals surface area contributed by atoms with E-state index in [4.69, 9.17) is 4.74 Å². The first-order valence-corrected chi connectivity index (χ1v) is 6.04. The number of para-hydroxylation sites is 1. The van der Waals surface area contributed by atoms with Crippen LogP contribution >= 0.6 is 0 Å². The van der Waals surface area contributed by atoms with Crippen molar-refractivity contribution in [3.8, 4) is 5.75 Å². The van der Waals surface area contributed by atoms with E-state index in [1.54, 1.807) is 7.11 Å². The average Bonchev–Trinajstić information content (AvgIpc) is 2.29. The Hall–Kier alpha value is -1.28. The van der Waals surface area contributed by atoms with E-state index in [0.29, 0.717) is 5.92 Å². The van der Waals surface area contributed by atoms with Crippen LogP contribution in [0.15, 0.2) is 30.3 Å². The molecule has 0 N–H and O–H groups in total. The Labute approximate surface area is 105 Å². The van der Waals surface area contributed by atoms with Gasteiger partial charge in [-0.15, -0.1) is 0 Å².